The summed E-state index contributed by atoms with van der Waals surface area (Å²) >= 11 is 0. The summed E-state index contributed by atoms with van der Waals surface area (Å²) in [5.74, 6) is 0. The zero-order chi connectivity index (χ0) is 8.69. The van der Waals surface area contributed by atoms with E-state index < -0.39 is 0 Å². The number of rotatable bonds is 4. The summed E-state index contributed by atoms with van der Waals surface area (Å²) in [7, 11) is 0. The van der Waals surface area contributed by atoms with Crippen molar-refractivity contribution in [2.75, 3.05) is 0 Å². The Hall–Kier alpha value is -1.12. The Morgan fingerprint density at radius 1 is 1.09 bits per heavy atom. The molecule has 0 aliphatic heterocycles. The van der Waals surface area contributed by atoms with E-state index in [4.69, 9.17) is 16.2 Å². The maximum Gasteiger partial charge on any atom is 0.109 e. The van der Waals surface area contributed by atoms with Crippen LogP contribution in [0.3, 0.4) is 0 Å². The maximum atomic E-state index is 5.47. The Labute approximate surface area is 67.7 Å². The normalized spacial score (nSPS) is 13.3. The van der Waals surface area contributed by atoms with Crippen molar-refractivity contribution in [2.45, 2.75) is 26.7 Å². The summed E-state index contributed by atoms with van der Waals surface area (Å²) in [6.07, 6.45) is 4.59. The van der Waals surface area contributed by atoms with E-state index in [1.807, 2.05) is 13.8 Å². The van der Waals surface area contributed by atoms with Crippen molar-refractivity contribution < 1.29 is 4.74 Å². The molecule has 0 aromatic carbocycles. The van der Waals surface area contributed by atoms with Gasteiger partial charge < -0.3 is 16.2 Å². The summed E-state index contributed by atoms with van der Waals surface area (Å²) < 4.78 is 4.96. The molecule has 0 aromatic rings. The highest BCUT2D eigenvalue weighted by atomic mass is 16.5. The summed E-state index contributed by atoms with van der Waals surface area (Å²) in [6, 6.07) is 0. The molecule has 0 saturated heterocycles. The number of allylic oxidation sites excluding steroid dienone is 2. The Morgan fingerprint density at radius 3 is 1.73 bits per heavy atom. The van der Waals surface area contributed by atoms with Gasteiger partial charge in [0.25, 0.3) is 0 Å². The lowest BCUT2D eigenvalue weighted by Gasteiger charge is -1.97. The summed E-state index contributed by atoms with van der Waals surface area (Å²) in [4.78, 5) is 0. The zero-order valence-electron chi connectivity index (χ0n) is 7.13. The van der Waals surface area contributed by atoms with Crippen LogP contribution in [0.15, 0.2) is 23.9 Å². The van der Waals surface area contributed by atoms with Crippen LogP contribution in [0.4, 0.5) is 0 Å². The van der Waals surface area contributed by atoms with Crippen molar-refractivity contribution in [1.29, 1.82) is 0 Å². The molecule has 0 aliphatic carbocycles. The van der Waals surface area contributed by atoms with Crippen LogP contribution in [-0.2, 0) is 4.74 Å². The molecular formula is C8H16N2O. The van der Waals surface area contributed by atoms with Crippen molar-refractivity contribution in [3.63, 3.8) is 0 Å². The second-order valence-corrected chi connectivity index (χ2v) is 2.23. The van der Waals surface area contributed by atoms with E-state index in [1.165, 1.54) is 12.5 Å². The van der Waals surface area contributed by atoms with Crippen LogP contribution >= 0.6 is 0 Å². The van der Waals surface area contributed by atoms with Gasteiger partial charge >= 0.3 is 0 Å². The lowest BCUT2D eigenvalue weighted by atomic mass is 10.4. The smallest absolute Gasteiger partial charge is 0.109 e. The van der Waals surface area contributed by atoms with Crippen molar-refractivity contribution in [3.05, 3.63) is 23.9 Å². The number of hydrogen-bond donors (Lipinski definition) is 2. The van der Waals surface area contributed by atoms with Gasteiger partial charge in [0.1, 0.15) is 12.5 Å². The second-order valence-electron chi connectivity index (χ2n) is 2.23. The van der Waals surface area contributed by atoms with Gasteiger partial charge in [-0.15, -0.1) is 0 Å². The van der Waals surface area contributed by atoms with Gasteiger partial charge in [0.05, 0.1) is 0 Å². The van der Waals surface area contributed by atoms with Gasteiger partial charge in [-0.1, -0.05) is 13.8 Å². The topological polar surface area (TPSA) is 61.3 Å². The van der Waals surface area contributed by atoms with Crippen molar-refractivity contribution >= 4 is 0 Å². The standard InChI is InChI=1S/C8H16N2O/c1-3-7(9)5-11-6-8(10)4-2/h5-6H,3-4,9-10H2,1-2H3. The van der Waals surface area contributed by atoms with E-state index in [9.17, 15) is 0 Å². The highest BCUT2D eigenvalue weighted by Crippen LogP contribution is 1.94. The van der Waals surface area contributed by atoms with Gasteiger partial charge in [-0.05, 0) is 12.8 Å². The summed E-state index contributed by atoms with van der Waals surface area (Å²) in [5, 5.41) is 0. The highest BCUT2D eigenvalue weighted by Gasteiger charge is 1.84. The molecule has 0 heterocycles. The molecule has 3 nitrogen and oxygen atoms in total. The largest absolute Gasteiger partial charge is 0.469 e. The lowest BCUT2D eigenvalue weighted by molar-refractivity contribution is 0.389. The zero-order valence-corrected chi connectivity index (χ0v) is 7.13. The predicted molar refractivity (Wildman–Crippen MR) is 46.2 cm³/mol. The van der Waals surface area contributed by atoms with Crippen molar-refractivity contribution in [2.24, 2.45) is 11.5 Å². The first-order valence-electron chi connectivity index (χ1n) is 3.75. The first-order valence-corrected chi connectivity index (χ1v) is 3.75. The molecule has 0 fully saturated rings. The van der Waals surface area contributed by atoms with Gasteiger partial charge in [-0.25, -0.2) is 0 Å². The molecular weight excluding hydrogens is 140 g/mol. The van der Waals surface area contributed by atoms with Gasteiger partial charge in [-0.3, -0.25) is 0 Å². The SMILES string of the molecule is CCC(N)=COC=C(N)CC. The average Bonchev–Trinajstić information content (AvgIpc) is 2.04. The Morgan fingerprint density at radius 2 is 1.45 bits per heavy atom. The Kier molecular flexibility index (Phi) is 5.07. The van der Waals surface area contributed by atoms with E-state index in [0.29, 0.717) is 11.4 Å². The van der Waals surface area contributed by atoms with Crippen LogP contribution in [0, 0.1) is 0 Å². The van der Waals surface area contributed by atoms with Crippen LogP contribution in [0.5, 0.6) is 0 Å². The third-order valence-corrected chi connectivity index (χ3v) is 1.26. The molecule has 0 bridgehead atoms. The quantitative estimate of drug-likeness (QED) is 0.605. The highest BCUT2D eigenvalue weighted by molar-refractivity contribution is 4.94. The Bertz CT molecular complexity index is 143. The summed E-state index contributed by atoms with van der Waals surface area (Å²) in [6.45, 7) is 3.92. The third-order valence-electron chi connectivity index (χ3n) is 1.26. The van der Waals surface area contributed by atoms with E-state index in [-0.39, 0.29) is 0 Å². The van der Waals surface area contributed by atoms with E-state index >= 15 is 0 Å². The van der Waals surface area contributed by atoms with Gasteiger partial charge in [0.2, 0.25) is 0 Å². The molecule has 64 valence electrons. The minimum atomic E-state index is 0.713. The van der Waals surface area contributed by atoms with Crippen LogP contribution in [0.1, 0.15) is 26.7 Å². The third kappa shape index (κ3) is 5.33. The minimum absolute atomic E-state index is 0.713. The molecule has 0 aliphatic rings. The number of nitrogens with two attached hydrogens (primary N) is 2. The van der Waals surface area contributed by atoms with Crippen LogP contribution in [-0.4, -0.2) is 0 Å². The molecule has 0 rings (SSSR count). The van der Waals surface area contributed by atoms with Crippen molar-refractivity contribution in [3.8, 4) is 0 Å². The van der Waals surface area contributed by atoms with Crippen LogP contribution in [0.25, 0.3) is 0 Å². The first-order chi connectivity index (χ1) is 5.20. The minimum Gasteiger partial charge on any atom is -0.469 e. The van der Waals surface area contributed by atoms with Gasteiger partial charge in [0, 0.05) is 11.4 Å². The fraction of sp³-hybridized carbons (Fsp3) is 0.500. The second kappa shape index (κ2) is 5.65. The lowest BCUT2D eigenvalue weighted by Crippen LogP contribution is -1.97. The maximum absolute atomic E-state index is 5.47. The molecule has 4 N–H and O–H groups in total. The van der Waals surface area contributed by atoms with Crippen molar-refractivity contribution in [1.82, 2.24) is 0 Å². The fourth-order valence-electron chi connectivity index (χ4n) is 0.375. The number of ether oxygens (including phenoxy) is 1. The average molecular weight is 156 g/mol. The van der Waals surface area contributed by atoms with Crippen LogP contribution < -0.4 is 11.5 Å². The van der Waals surface area contributed by atoms with E-state index in [1.54, 1.807) is 0 Å². The first kappa shape index (κ1) is 9.88. The summed E-state index contributed by atoms with van der Waals surface area (Å²) in [5.41, 5.74) is 12.4. The molecule has 0 unspecified atom stereocenters. The Balaban J connectivity index is 3.71. The monoisotopic (exact) mass is 156 g/mol. The molecule has 0 amide bonds. The predicted octanol–water partition coefficient (Wildman–Crippen LogP) is 1.42. The molecule has 0 atom stereocenters. The van der Waals surface area contributed by atoms with E-state index in [0.717, 1.165) is 12.8 Å². The molecule has 11 heavy (non-hydrogen) atoms. The molecule has 0 saturated carbocycles. The van der Waals surface area contributed by atoms with Gasteiger partial charge in [0.15, 0.2) is 0 Å². The fourth-order valence-corrected chi connectivity index (χ4v) is 0.375. The van der Waals surface area contributed by atoms with Gasteiger partial charge in [-0.2, -0.15) is 0 Å². The molecule has 0 spiro atoms. The van der Waals surface area contributed by atoms with E-state index in [2.05, 4.69) is 0 Å². The van der Waals surface area contributed by atoms with Crippen LogP contribution in [0.2, 0.25) is 0 Å². The molecule has 0 radical (unpaired) electrons. The number of hydrogen-bond acceptors (Lipinski definition) is 3. The molecule has 3 heteroatoms. The molecule has 0 aromatic heterocycles.